The van der Waals surface area contributed by atoms with Gasteiger partial charge in [-0.05, 0) is 49.7 Å². The van der Waals surface area contributed by atoms with Crippen LogP contribution >= 0.6 is 15.9 Å². The maximum absolute atomic E-state index is 11.6. The van der Waals surface area contributed by atoms with E-state index in [-0.39, 0.29) is 0 Å². The molecule has 0 unspecified atom stereocenters. The number of aromatic nitrogens is 2. The minimum atomic E-state index is -0.498. The first-order valence-electron chi connectivity index (χ1n) is 4.25. The van der Waals surface area contributed by atoms with Gasteiger partial charge in [-0.1, -0.05) is 0 Å². The van der Waals surface area contributed by atoms with Crippen LogP contribution in [0.15, 0.2) is 10.7 Å². The van der Waals surface area contributed by atoms with Crippen molar-refractivity contribution in [3.63, 3.8) is 0 Å². The third-order valence-corrected chi connectivity index (χ3v) is 1.81. The normalized spacial score (nSPS) is 11.5. The van der Waals surface area contributed by atoms with Crippen molar-refractivity contribution in [2.75, 3.05) is 0 Å². The van der Waals surface area contributed by atoms with E-state index in [1.807, 2.05) is 20.8 Å². The van der Waals surface area contributed by atoms with Gasteiger partial charge in [0.25, 0.3) is 0 Å². The highest BCUT2D eigenvalue weighted by Crippen LogP contribution is 2.13. The van der Waals surface area contributed by atoms with E-state index >= 15 is 0 Å². The van der Waals surface area contributed by atoms with Crippen molar-refractivity contribution in [1.29, 1.82) is 0 Å². The minimum absolute atomic E-state index is 0.458. The van der Waals surface area contributed by atoms with Crippen LogP contribution in [0.1, 0.15) is 26.5 Å². The van der Waals surface area contributed by atoms with Gasteiger partial charge in [-0.25, -0.2) is 4.79 Å². The summed E-state index contributed by atoms with van der Waals surface area (Å²) in [6.45, 7) is 7.25. The molecule has 1 aromatic rings. The zero-order valence-electron chi connectivity index (χ0n) is 8.67. The van der Waals surface area contributed by atoms with Gasteiger partial charge in [-0.2, -0.15) is 9.78 Å². The number of rotatable bonds is 0. The summed E-state index contributed by atoms with van der Waals surface area (Å²) in [5, 5.41) is 3.95. The Morgan fingerprint density at radius 2 is 2.14 bits per heavy atom. The Balaban J connectivity index is 2.85. The van der Waals surface area contributed by atoms with Gasteiger partial charge in [0.05, 0.1) is 0 Å². The Hall–Kier alpha value is -0.840. The van der Waals surface area contributed by atoms with Crippen LogP contribution < -0.4 is 0 Å². The molecule has 0 fully saturated rings. The Morgan fingerprint density at radius 3 is 2.50 bits per heavy atom. The van der Waals surface area contributed by atoms with Gasteiger partial charge in [0.2, 0.25) is 0 Å². The van der Waals surface area contributed by atoms with Crippen LogP contribution in [-0.4, -0.2) is 21.5 Å². The highest BCUT2D eigenvalue weighted by Gasteiger charge is 2.19. The van der Waals surface area contributed by atoms with Crippen LogP contribution in [0.25, 0.3) is 0 Å². The molecule has 14 heavy (non-hydrogen) atoms. The van der Waals surface area contributed by atoms with Crippen molar-refractivity contribution in [1.82, 2.24) is 9.78 Å². The number of ether oxygens (including phenoxy) is 1. The first kappa shape index (κ1) is 11.2. The van der Waals surface area contributed by atoms with Gasteiger partial charge in [-0.3, -0.25) is 0 Å². The smallest absolute Gasteiger partial charge is 0.435 e. The first-order chi connectivity index (χ1) is 6.29. The van der Waals surface area contributed by atoms with E-state index in [9.17, 15) is 4.79 Å². The molecule has 0 bridgehead atoms. The number of carbonyl (C=O) groups excluding carboxylic acids is 1. The SMILES string of the molecule is Cc1cc(Br)nn1C(=O)OC(C)(C)C. The molecule has 0 aliphatic heterocycles. The zero-order chi connectivity index (χ0) is 10.9. The summed E-state index contributed by atoms with van der Waals surface area (Å²) in [6, 6.07) is 1.75. The van der Waals surface area contributed by atoms with Gasteiger partial charge < -0.3 is 4.74 Å². The van der Waals surface area contributed by atoms with Crippen molar-refractivity contribution in [3.8, 4) is 0 Å². The van der Waals surface area contributed by atoms with Crippen LogP contribution in [0, 0.1) is 6.92 Å². The van der Waals surface area contributed by atoms with E-state index in [4.69, 9.17) is 4.74 Å². The molecular formula is C9H13BrN2O2. The molecule has 0 aliphatic carbocycles. The first-order valence-corrected chi connectivity index (χ1v) is 5.04. The third-order valence-electron chi connectivity index (χ3n) is 1.42. The summed E-state index contributed by atoms with van der Waals surface area (Å²) in [5.41, 5.74) is 0.244. The number of halogens is 1. The minimum Gasteiger partial charge on any atom is -0.442 e. The van der Waals surface area contributed by atoms with Gasteiger partial charge in [0.1, 0.15) is 10.2 Å². The fraction of sp³-hybridized carbons (Fsp3) is 0.556. The lowest BCUT2D eigenvalue weighted by molar-refractivity contribution is 0.0510. The van der Waals surface area contributed by atoms with E-state index < -0.39 is 11.7 Å². The van der Waals surface area contributed by atoms with Gasteiger partial charge in [-0.15, -0.1) is 0 Å². The molecule has 78 valence electrons. The molecule has 0 aromatic carbocycles. The van der Waals surface area contributed by atoms with E-state index in [1.54, 1.807) is 13.0 Å². The lowest BCUT2D eigenvalue weighted by atomic mass is 10.2. The van der Waals surface area contributed by atoms with Gasteiger partial charge in [0, 0.05) is 5.69 Å². The second kappa shape index (κ2) is 3.73. The Kier molecular flexibility index (Phi) is 2.99. The highest BCUT2D eigenvalue weighted by molar-refractivity contribution is 9.10. The molecule has 1 aromatic heterocycles. The number of hydrogen-bond donors (Lipinski definition) is 0. The van der Waals surface area contributed by atoms with E-state index in [1.165, 1.54) is 4.68 Å². The molecule has 5 heteroatoms. The molecule has 0 spiro atoms. The molecule has 0 aliphatic rings. The summed E-state index contributed by atoms with van der Waals surface area (Å²) in [7, 11) is 0. The predicted octanol–water partition coefficient (Wildman–Crippen LogP) is 2.74. The van der Waals surface area contributed by atoms with Crippen LogP contribution in [0.3, 0.4) is 0 Å². The fourth-order valence-corrected chi connectivity index (χ4v) is 1.42. The number of carbonyl (C=O) groups is 1. The average Bonchev–Trinajstić information content (AvgIpc) is 2.26. The van der Waals surface area contributed by atoms with Gasteiger partial charge >= 0.3 is 6.09 Å². The number of hydrogen-bond acceptors (Lipinski definition) is 3. The molecular weight excluding hydrogens is 248 g/mol. The van der Waals surface area contributed by atoms with E-state index in [0.29, 0.717) is 4.60 Å². The Morgan fingerprint density at radius 1 is 1.57 bits per heavy atom. The molecule has 0 saturated carbocycles. The summed E-state index contributed by atoms with van der Waals surface area (Å²) < 4.78 is 7.02. The van der Waals surface area contributed by atoms with E-state index in [2.05, 4.69) is 21.0 Å². The van der Waals surface area contributed by atoms with Crippen molar-refractivity contribution in [2.24, 2.45) is 0 Å². The second-order valence-corrected chi connectivity index (χ2v) is 4.81. The molecule has 0 atom stereocenters. The summed E-state index contributed by atoms with van der Waals surface area (Å²) in [6.07, 6.45) is -0.458. The molecule has 1 rings (SSSR count). The maximum Gasteiger partial charge on any atom is 0.435 e. The number of aryl methyl sites for hydroxylation is 1. The molecule has 4 nitrogen and oxygen atoms in total. The maximum atomic E-state index is 11.6. The highest BCUT2D eigenvalue weighted by atomic mass is 79.9. The number of nitrogens with zero attached hydrogens (tertiary/aromatic N) is 2. The summed E-state index contributed by atoms with van der Waals surface area (Å²) in [4.78, 5) is 11.6. The van der Waals surface area contributed by atoms with Crippen LogP contribution in [0.4, 0.5) is 4.79 Å². The van der Waals surface area contributed by atoms with Gasteiger partial charge in [0.15, 0.2) is 0 Å². The van der Waals surface area contributed by atoms with E-state index in [0.717, 1.165) is 5.69 Å². The zero-order valence-corrected chi connectivity index (χ0v) is 10.3. The molecule has 0 amide bonds. The monoisotopic (exact) mass is 260 g/mol. The quantitative estimate of drug-likeness (QED) is 0.721. The standard InChI is InChI=1S/C9H13BrN2O2/c1-6-5-7(10)11-12(6)8(13)14-9(2,3)4/h5H,1-4H3. The summed E-state index contributed by atoms with van der Waals surface area (Å²) >= 11 is 3.19. The molecule has 0 radical (unpaired) electrons. The van der Waals surface area contributed by atoms with Crippen molar-refractivity contribution in [2.45, 2.75) is 33.3 Å². The molecule has 0 saturated heterocycles. The van der Waals surface area contributed by atoms with Crippen molar-refractivity contribution >= 4 is 22.0 Å². The Bertz CT molecular complexity index is 352. The Labute approximate surface area is 91.4 Å². The molecule has 1 heterocycles. The van der Waals surface area contributed by atoms with Crippen LogP contribution in [-0.2, 0) is 4.74 Å². The molecule has 0 N–H and O–H groups in total. The lowest BCUT2D eigenvalue weighted by Crippen LogP contribution is -2.28. The van der Waals surface area contributed by atoms with Crippen LogP contribution in [0.5, 0.6) is 0 Å². The topological polar surface area (TPSA) is 44.1 Å². The summed E-state index contributed by atoms with van der Waals surface area (Å²) in [5.74, 6) is 0. The third kappa shape index (κ3) is 2.83. The van der Waals surface area contributed by atoms with Crippen molar-refractivity contribution < 1.29 is 9.53 Å². The second-order valence-electron chi connectivity index (χ2n) is 4.00. The average molecular weight is 261 g/mol. The lowest BCUT2D eigenvalue weighted by Gasteiger charge is -2.19. The fourth-order valence-electron chi connectivity index (χ4n) is 0.927. The van der Waals surface area contributed by atoms with Crippen LogP contribution in [0.2, 0.25) is 0 Å². The largest absolute Gasteiger partial charge is 0.442 e. The predicted molar refractivity (Wildman–Crippen MR) is 56.3 cm³/mol. The van der Waals surface area contributed by atoms with Crippen molar-refractivity contribution in [3.05, 3.63) is 16.4 Å².